The number of carbonyl (C=O) groups excluding carboxylic acids is 1. The Hall–Kier alpha value is -4.05. The van der Waals surface area contributed by atoms with E-state index in [-0.39, 0.29) is 36.5 Å². The van der Waals surface area contributed by atoms with Crippen molar-refractivity contribution in [2.24, 2.45) is 0 Å². The van der Waals surface area contributed by atoms with E-state index in [0.29, 0.717) is 17.1 Å². The molecule has 0 aliphatic rings. The zero-order valence-corrected chi connectivity index (χ0v) is 19.9. The molecule has 2 aromatic carbocycles. The molecule has 0 saturated carbocycles. The van der Waals surface area contributed by atoms with Gasteiger partial charge in [0, 0.05) is 4.88 Å². The van der Waals surface area contributed by atoms with E-state index in [4.69, 9.17) is 9.84 Å². The lowest BCUT2D eigenvalue weighted by molar-refractivity contribution is 0.0696. The van der Waals surface area contributed by atoms with Gasteiger partial charge in [-0.05, 0) is 67.9 Å². The summed E-state index contributed by atoms with van der Waals surface area (Å²) in [5, 5.41) is 20.5. The molecule has 180 valence electrons. The van der Waals surface area contributed by atoms with E-state index in [1.165, 1.54) is 52.4 Å². The van der Waals surface area contributed by atoms with Crippen LogP contribution in [-0.4, -0.2) is 38.6 Å². The number of aromatic carboxylic acids is 1. The molecule has 1 atom stereocenters. The molecule has 4 aromatic rings. The Kier molecular flexibility index (Phi) is 7.21. The minimum atomic E-state index is -1.01. The normalized spacial score (nSPS) is 11.7. The van der Waals surface area contributed by atoms with Gasteiger partial charge < -0.3 is 15.2 Å². The van der Waals surface area contributed by atoms with Crippen LogP contribution >= 0.6 is 11.3 Å². The molecule has 0 aliphatic heterocycles. The van der Waals surface area contributed by atoms with Gasteiger partial charge in [0.2, 0.25) is 0 Å². The highest BCUT2D eigenvalue weighted by atomic mass is 32.1. The van der Waals surface area contributed by atoms with Crippen molar-refractivity contribution in [3.05, 3.63) is 88.2 Å². The predicted octanol–water partition coefficient (Wildman–Crippen LogP) is 4.72. The molecule has 1 amide bonds. The number of benzene rings is 2. The van der Waals surface area contributed by atoms with Crippen LogP contribution in [0.5, 0.6) is 5.75 Å². The van der Waals surface area contributed by atoms with Crippen LogP contribution in [0, 0.1) is 12.7 Å². The van der Waals surface area contributed by atoms with Crippen LogP contribution in [0.2, 0.25) is 0 Å². The number of aromatic nitrogens is 3. The molecule has 0 bridgehead atoms. The maximum atomic E-state index is 13.4. The minimum Gasteiger partial charge on any atom is -0.492 e. The lowest BCUT2D eigenvalue weighted by atomic mass is 10.1. The first kappa shape index (κ1) is 24.1. The molecule has 2 heterocycles. The molecule has 2 aromatic heterocycles. The number of halogens is 1. The van der Waals surface area contributed by atoms with Gasteiger partial charge in [0.05, 0.1) is 23.0 Å². The number of nitrogens with one attached hydrogen (secondary N) is 1. The van der Waals surface area contributed by atoms with Crippen molar-refractivity contribution in [2.75, 3.05) is 6.61 Å². The number of amides is 1. The Bertz CT molecular complexity index is 1330. The molecule has 0 spiro atoms. The number of ether oxygens (including phenoxy) is 1. The molecule has 10 heteroatoms. The van der Waals surface area contributed by atoms with E-state index in [0.717, 1.165) is 15.3 Å². The number of nitrogens with zero attached hydrogens (tertiary/aromatic N) is 3. The fraction of sp³-hybridized carbons (Fsp3) is 0.200. The smallest absolute Gasteiger partial charge is 0.335 e. The van der Waals surface area contributed by atoms with Crippen molar-refractivity contribution >= 4 is 23.2 Å². The number of aryl methyl sites for hydroxylation is 1. The lowest BCUT2D eigenvalue weighted by Gasteiger charge is -2.16. The van der Waals surface area contributed by atoms with Crippen LogP contribution in [0.15, 0.2) is 60.7 Å². The van der Waals surface area contributed by atoms with Crippen LogP contribution in [0.25, 0.3) is 10.6 Å². The first-order valence-electron chi connectivity index (χ1n) is 10.8. The highest BCUT2D eigenvalue weighted by molar-refractivity contribution is 7.15. The summed E-state index contributed by atoms with van der Waals surface area (Å²) in [7, 11) is 0. The molecule has 0 saturated heterocycles. The molecule has 0 aliphatic carbocycles. The molecule has 0 radical (unpaired) electrons. The average molecular weight is 495 g/mol. The van der Waals surface area contributed by atoms with Gasteiger partial charge in [-0.15, -0.1) is 16.4 Å². The predicted molar refractivity (Wildman–Crippen MR) is 129 cm³/mol. The van der Waals surface area contributed by atoms with Crippen molar-refractivity contribution in [1.82, 2.24) is 20.3 Å². The van der Waals surface area contributed by atoms with Gasteiger partial charge in [-0.1, -0.05) is 17.3 Å². The van der Waals surface area contributed by atoms with Crippen molar-refractivity contribution < 1.29 is 23.8 Å². The Balaban J connectivity index is 1.54. The van der Waals surface area contributed by atoms with Gasteiger partial charge in [0.25, 0.3) is 5.91 Å². The van der Waals surface area contributed by atoms with Crippen molar-refractivity contribution in [3.8, 4) is 16.3 Å². The number of hydrogen-bond donors (Lipinski definition) is 2. The first-order valence-corrected chi connectivity index (χ1v) is 11.7. The third-order valence-electron chi connectivity index (χ3n) is 5.31. The Labute approximate surface area is 205 Å². The standard InChI is InChI=1S/C25H23FN4O4S/c1-15-3-12-21(35-15)22-23(24(31)27-16(2)17-4-6-18(7-5-17)25(32)33)30(29-28-22)13-14-34-20-10-8-19(26)9-11-20/h3-12,16H,13-14H2,1-2H3,(H,27,31)(H,32,33). The summed E-state index contributed by atoms with van der Waals surface area (Å²) in [6.07, 6.45) is 0. The van der Waals surface area contributed by atoms with Gasteiger partial charge in [0.1, 0.15) is 23.9 Å². The Morgan fingerprint density at radius 1 is 1.11 bits per heavy atom. The number of hydrogen-bond acceptors (Lipinski definition) is 6. The third kappa shape index (κ3) is 5.72. The summed E-state index contributed by atoms with van der Waals surface area (Å²) >= 11 is 1.51. The Morgan fingerprint density at radius 3 is 2.46 bits per heavy atom. The van der Waals surface area contributed by atoms with Crippen molar-refractivity contribution in [2.45, 2.75) is 26.4 Å². The van der Waals surface area contributed by atoms with Crippen molar-refractivity contribution in [3.63, 3.8) is 0 Å². The maximum Gasteiger partial charge on any atom is 0.335 e. The van der Waals surface area contributed by atoms with E-state index in [9.17, 15) is 14.0 Å². The highest BCUT2D eigenvalue weighted by Crippen LogP contribution is 2.29. The van der Waals surface area contributed by atoms with E-state index in [1.54, 1.807) is 12.1 Å². The van der Waals surface area contributed by atoms with Crippen LogP contribution in [0.3, 0.4) is 0 Å². The van der Waals surface area contributed by atoms with Gasteiger partial charge in [-0.25, -0.2) is 13.9 Å². The topological polar surface area (TPSA) is 106 Å². The number of rotatable bonds is 9. The average Bonchev–Trinajstić information content (AvgIpc) is 3.46. The van der Waals surface area contributed by atoms with Gasteiger partial charge in [-0.2, -0.15) is 0 Å². The SMILES string of the molecule is Cc1ccc(-c2nnn(CCOc3ccc(F)cc3)c2C(=O)NC(C)c2ccc(C(=O)O)cc2)s1. The summed E-state index contributed by atoms with van der Waals surface area (Å²) < 4.78 is 20.3. The van der Waals surface area contributed by atoms with E-state index in [2.05, 4.69) is 15.6 Å². The quantitative estimate of drug-likeness (QED) is 0.349. The molecule has 1 unspecified atom stereocenters. The molecule has 8 nitrogen and oxygen atoms in total. The van der Waals surface area contributed by atoms with E-state index >= 15 is 0 Å². The second-order valence-corrected chi connectivity index (χ2v) is 9.13. The number of thiophene rings is 1. The van der Waals surface area contributed by atoms with Crippen molar-refractivity contribution in [1.29, 1.82) is 0 Å². The highest BCUT2D eigenvalue weighted by Gasteiger charge is 2.24. The monoisotopic (exact) mass is 494 g/mol. The van der Waals surface area contributed by atoms with Crippen LogP contribution in [0.1, 0.15) is 44.3 Å². The lowest BCUT2D eigenvalue weighted by Crippen LogP contribution is -2.30. The summed E-state index contributed by atoms with van der Waals surface area (Å²) in [4.78, 5) is 26.4. The van der Waals surface area contributed by atoms with Gasteiger partial charge >= 0.3 is 5.97 Å². The van der Waals surface area contributed by atoms with E-state index < -0.39 is 5.97 Å². The molecule has 35 heavy (non-hydrogen) atoms. The molecular formula is C25H23FN4O4S. The molecular weight excluding hydrogens is 471 g/mol. The number of carboxylic acids is 1. The summed E-state index contributed by atoms with van der Waals surface area (Å²) in [6.45, 7) is 4.23. The number of carbonyl (C=O) groups is 2. The fourth-order valence-electron chi connectivity index (χ4n) is 3.47. The molecule has 2 N–H and O–H groups in total. The first-order chi connectivity index (χ1) is 16.8. The van der Waals surface area contributed by atoms with Gasteiger partial charge in [0.15, 0.2) is 5.69 Å². The maximum absolute atomic E-state index is 13.4. The summed E-state index contributed by atoms with van der Waals surface area (Å²) in [6, 6.07) is 15.5. The minimum absolute atomic E-state index is 0.172. The third-order valence-corrected chi connectivity index (χ3v) is 6.32. The zero-order valence-electron chi connectivity index (χ0n) is 19.1. The van der Waals surface area contributed by atoms with E-state index in [1.807, 2.05) is 26.0 Å². The summed E-state index contributed by atoms with van der Waals surface area (Å²) in [5.41, 5.74) is 1.70. The Morgan fingerprint density at radius 2 is 1.83 bits per heavy atom. The second kappa shape index (κ2) is 10.5. The second-order valence-electron chi connectivity index (χ2n) is 7.84. The van der Waals surface area contributed by atoms with Crippen LogP contribution < -0.4 is 10.1 Å². The fourth-order valence-corrected chi connectivity index (χ4v) is 4.32. The van der Waals surface area contributed by atoms with Crippen LogP contribution in [-0.2, 0) is 6.54 Å². The molecule has 4 rings (SSSR count). The molecule has 0 fully saturated rings. The zero-order chi connectivity index (χ0) is 24.9. The van der Waals surface area contributed by atoms with Crippen LogP contribution in [0.4, 0.5) is 4.39 Å². The summed E-state index contributed by atoms with van der Waals surface area (Å²) in [5.74, 6) is -1.23. The number of carboxylic acid groups (broad SMARTS) is 1. The largest absolute Gasteiger partial charge is 0.492 e. The van der Waals surface area contributed by atoms with Gasteiger partial charge in [-0.3, -0.25) is 4.79 Å².